The van der Waals surface area contributed by atoms with Crippen molar-refractivity contribution >= 4 is 17.5 Å². The van der Waals surface area contributed by atoms with Gasteiger partial charge in [-0.15, -0.1) is 0 Å². The van der Waals surface area contributed by atoms with Crippen LogP contribution in [0.2, 0.25) is 0 Å². The topological polar surface area (TPSA) is 76.7 Å². The van der Waals surface area contributed by atoms with E-state index in [9.17, 15) is 9.59 Å². The molecule has 0 aliphatic rings. The summed E-state index contributed by atoms with van der Waals surface area (Å²) < 4.78 is 11.0. The van der Waals surface area contributed by atoms with Crippen LogP contribution in [-0.4, -0.2) is 25.0 Å². The number of amides is 2. The minimum absolute atomic E-state index is 0.370. The zero-order valence-electron chi connectivity index (χ0n) is 16.2. The molecular formula is C21H26N2O4. The number of carbonyl (C=O) groups is 2. The number of benzene rings is 2. The van der Waals surface area contributed by atoms with Crippen molar-refractivity contribution in [3.8, 4) is 11.5 Å². The fourth-order valence-corrected chi connectivity index (χ4v) is 2.62. The SMILES string of the molecule is CCOc1ccc(NC(=O)C(=O)NC(C)c2cc(C)ccc2OCC)cc1. The van der Waals surface area contributed by atoms with Gasteiger partial charge in [0.05, 0.1) is 19.3 Å². The van der Waals surface area contributed by atoms with Crippen LogP contribution in [0.25, 0.3) is 0 Å². The average molecular weight is 370 g/mol. The van der Waals surface area contributed by atoms with E-state index in [-0.39, 0.29) is 6.04 Å². The molecule has 2 aromatic rings. The van der Waals surface area contributed by atoms with Gasteiger partial charge in [-0.3, -0.25) is 9.59 Å². The third-order valence-electron chi connectivity index (χ3n) is 3.91. The molecule has 1 unspecified atom stereocenters. The zero-order chi connectivity index (χ0) is 19.8. The van der Waals surface area contributed by atoms with Crippen LogP contribution in [0.1, 0.15) is 37.9 Å². The lowest BCUT2D eigenvalue weighted by atomic mass is 10.0. The molecular weight excluding hydrogens is 344 g/mol. The molecule has 144 valence electrons. The van der Waals surface area contributed by atoms with Crippen molar-refractivity contribution < 1.29 is 19.1 Å². The Bertz CT molecular complexity index is 787. The van der Waals surface area contributed by atoms with Crippen LogP contribution in [0.5, 0.6) is 11.5 Å². The highest BCUT2D eigenvalue weighted by Gasteiger charge is 2.19. The Balaban J connectivity index is 2.01. The molecule has 0 fully saturated rings. The Kier molecular flexibility index (Phi) is 7.23. The third kappa shape index (κ3) is 5.74. The molecule has 2 amide bonds. The Morgan fingerprint density at radius 1 is 0.963 bits per heavy atom. The van der Waals surface area contributed by atoms with Crippen molar-refractivity contribution in [1.29, 1.82) is 0 Å². The van der Waals surface area contributed by atoms with Crippen LogP contribution in [0, 0.1) is 6.92 Å². The summed E-state index contributed by atoms with van der Waals surface area (Å²) >= 11 is 0. The maximum Gasteiger partial charge on any atom is 0.313 e. The van der Waals surface area contributed by atoms with E-state index in [1.807, 2.05) is 45.9 Å². The quantitative estimate of drug-likeness (QED) is 0.730. The van der Waals surface area contributed by atoms with Gasteiger partial charge in [-0.05, 0) is 58.0 Å². The van der Waals surface area contributed by atoms with Gasteiger partial charge in [-0.25, -0.2) is 0 Å². The van der Waals surface area contributed by atoms with Gasteiger partial charge < -0.3 is 20.1 Å². The summed E-state index contributed by atoms with van der Waals surface area (Å²) in [5.41, 5.74) is 2.41. The van der Waals surface area contributed by atoms with E-state index in [1.54, 1.807) is 24.3 Å². The molecule has 0 aliphatic carbocycles. The highest BCUT2D eigenvalue weighted by atomic mass is 16.5. The standard InChI is InChI=1S/C21H26N2O4/c1-5-26-17-10-8-16(9-11-17)23-21(25)20(24)22-15(4)18-13-14(3)7-12-19(18)27-6-2/h7-13,15H,5-6H2,1-4H3,(H,22,24)(H,23,25). The lowest BCUT2D eigenvalue weighted by Gasteiger charge is -2.18. The first-order chi connectivity index (χ1) is 12.9. The van der Waals surface area contributed by atoms with Crippen LogP contribution in [-0.2, 0) is 9.59 Å². The van der Waals surface area contributed by atoms with Gasteiger partial charge in [-0.2, -0.15) is 0 Å². The van der Waals surface area contributed by atoms with E-state index in [0.717, 1.165) is 11.1 Å². The molecule has 0 radical (unpaired) electrons. The predicted molar refractivity (Wildman–Crippen MR) is 105 cm³/mol. The summed E-state index contributed by atoms with van der Waals surface area (Å²) in [6.07, 6.45) is 0. The normalized spacial score (nSPS) is 11.4. The first kappa shape index (κ1) is 20.3. The lowest BCUT2D eigenvalue weighted by Crippen LogP contribution is -2.37. The third-order valence-corrected chi connectivity index (χ3v) is 3.91. The van der Waals surface area contributed by atoms with Gasteiger partial charge in [0.2, 0.25) is 0 Å². The number of carbonyl (C=O) groups excluding carboxylic acids is 2. The minimum atomic E-state index is -0.725. The van der Waals surface area contributed by atoms with Crippen molar-refractivity contribution in [2.75, 3.05) is 18.5 Å². The smallest absolute Gasteiger partial charge is 0.313 e. The average Bonchev–Trinajstić information content (AvgIpc) is 2.65. The van der Waals surface area contributed by atoms with Crippen molar-refractivity contribution in [1.82, 2.24) is 5.32 Å². The molecule has 2 N–H and O–H groups in total. The van der Waals surface area contributed by atoms with Gasteiger partial charge in [0.15, 0.2) is 0 Å². The molecule has 6 nitrogen and oxygen atoms in total. The molecule has 0 bridgehead atoms. The monoisotopic (exact) mass is 370 g/mol. The van der Waals surface area contributed by atoms with E-state index in [2.05, 4.69) is 10.6 Å². The maximum atomic E-state index is 12.3. The fourth-order valence-electron chi connectivity index (χ4n) is 2.62. The molecule has 0 saturated carbocycles. The lowest BCUT2D eigenvalue weighted by molar-refractivity contribution is -0.136. The van der Waals surface area contributed by atoms with Crippen molar-refractivity contribution in [2.45, 2.75) is 33.7 Å². The van der Waals surface area contributed by atoms with Gasteiger partial charge in [0, 0.05) is 11.3 Å². The number of ether oxygens (including phenoxy) is 2. The number of rotatable bonds is 7. The molecule has 1 atom stereocenters. The molecule has 0 aliphatic heterocycles. The second-order valence-corrected chi connectivity index (χ2v) is 6.08. The summed E-state index contributed by atoms with van der Waals surface area (Å²) in [5.74, 6) is -0.0312. The summed E-state index contributed by atoms with van der Waals surface area (Å²) in [6.45, 7) is 8.67. The Morgan fingerprint density at radius 2 is 1.63 bits per heavy atom. The van der Waals surface area contributed by atoms with E-state index < -0.39 is 11.8 Å². The second kappa shape index (κ2) is 9.62. The van der Waals surface area contributed by atoms with Crippen molar-refractivity contribution in [3.05, 3.63) is 53.6 Å². The molecule has 0 spiro atoms. The van der Waals surface area contributed by atoms with Gasteiger partial charge in [0.1, 0.15) is 11.5 Å². The fraction of sp³-hybridized carbons (Fsp3) is 0.333. The van der Waals surface area contributed by atoms with E-state index >= 15 is 0 Å². The largest absolute Gasteiger partial charge is 0.494 e. The summed E-state index contributed by atoms with van der Waals surface area (Å²) in [5, 5.41) is 5.30. The second-order valence-electron chi connectivity index (χ2n) is 6.08. The predicted octanol–water partition coefficient (Wildman–Crippen LogP) is 3.61. The molecule has 2 rings (SSSR count). The number of hydrogen-bond acceptors (Lipinski definition) is 4. The van der Waals surface area contributed by atoms with Crippen LogP contribution in [0.4, 0.5) is 5.69 Å². The van der Waals surface area contributed by atoms with Crippen LogP contribution in [0.15, 0.2) is 42.5 Å². The Morgan fingerprint density at radius 3 is 2.26 bits per heavy atom. The highest BCUT2D eigenvalue weighted by Crippen LogP contribution is 2.26. The Hall–Kier alpha value is -3.02. The molecule has 0 saturated heterocycles. The number of nitrogens with one attached hydrogen (secondary N) is 2. The van der Waals surface area contributed by atoms with Gasteiger partial charge in [-0.1, -0.05) is 17.7 Å². The molecule has 27 heavy (non-hydrogen) atoms. The summed E-state index contributed by atoms with van der Waals surface area (Å²) in [6, 6.07) is 12.2. The maximum absolute atomic E-state index is 12.3. The van der Waals surface area contributed by atoms with Gasteiger partial charge in [0.25, 0.3) is 0 Å². The van der Waals surface area contributed by atoms with Crippen LogP contribution in [0.3, 0.4) is 0 Å². The van der Waals surface area contributed by atoms with Crippen molar-refractivity contribution in [3.63, 3.8) is 0 Å². The first-order valence-electron chi connectivity index (χ1n) is 9.02. The van der Waals surface area contributed by atoms with Crippen LogP contribution < -0.4 is 20.1 Å². The van der Waals surface area contributed by atoms with E-state index in [1.165, 1.54) is 0 Å². The highest BCUT2D eigenvalue weighted by molar-refractivity contribution is 6.39. The minimum Gasteiger partial charge on any atom is -0.494 e. The number of anilines is 1. The first-order valence-corrected chi connectivity index (χ1v) is 9.02. The van der Waals surface area contributed by atoms with E-state index in [4.69, 9.17) is 9.47 Å². The molecule has 0 heterocycles. The Labute approximate surface area is 159 Å². The van der Waals surface area contributed by atoms with Crippen LogP contribution >= 0.6 is 0 Å². The molecule has 2 aromatic carbocycles. The number of hydrogen-bond donors (Lipinski definition) is 2. The molecule has 0 aromatic heterocycles. The van der Waals surface area contributed by atoms with Gasteiger partial charge >= 0.3 is 11.8 Å². The molecule has 6 heteroatoms. The number of aryl methyl sites for hydroxylation is 1. The summed E-state index contributed by atoms with van der Waals surface area (Å²) in [7, 11) is 0. The van der Waals surface area contributed by atoms with E-state index in [0.29, 0.717) is 30.4 Å². The summed E-state index contributed by atoms with van der Waals surface area (Å²) in [4.78, 5) is 24.4. The zero-order valence-corrected chi connectivity index (χ0v) is 16.2. The van der Waals surface area contributed by atoms with Crippen molar-refractivity contribution in [2.24, 2.45) is 0 Å².